The Morgan fingerprint density at radius 2 is 0.952 bits per heavy atom. The quantitative estimate of drug-likeness (QED) is 0.153. The number of hydrogen-bond acceptors (Lipinski definition) is 0. The van der Waals surface area contributed by atoms with E-state index in [1.807, 2.05) is 0 Å². The summed E-state index contributed by atoms with van der Waals surface area (Å²) in [6.07, 6.45) is 9.68. The lowest BCUT2D eigenvalue weighted by atomic mass is 9.72. The summed E-state index contributed by atoms with van der Waals surface area (Å²) in [6, 6.07) is 34.2. The van der Waals surface area contributed by atoms with Crippen LogP contribution in [0.25, 0.3) is 71.3 Å². The van der Waals surface area contributed by atoms with Crippen LogP contribution in [-0.4, -0.2) is 0 Å². The van der Waals surface area contributed by atoms with Crippen molar-refractivity contribution in [1.82, 2.24) is 0 Å². The summed E-state index contributed by atoms with van der Waals surface area (Å²) in [7, 11) is 0. The highest BCUT2D eigenvalue weighted by Crippen LogP contribution is 2.62. The number of rotatable bonds is 2. The second-order valence-electron chi connectivity index (χ2n) is 23.5. The third-order valence-corrected chi connectivity index (χ3v) is 14.9. The van der Waals surface area contributed by atoms with Crippen LogP contribution in [0.3, 0.4) is 0 Å². The molecule has 0 nitrogen and oxygen atoms in total. The van der Waals surface area contributed by atoms with Crippen LogP contribution in [-0.2, 0) is 21.7 Å². The third kappa shape index (κ3) is 6.36. The molecule has 1 atom stereocenters. The van der Waals surface area contributed by atoms with Gasteiger partial charge in [-0.2, -0.15) is 0 Å². The molecule has 0 fully saturated rings. The van der Waals surface area contributed by atoms with E-state index in [9.17, 15) is 0 Å². The molecule has 0 heterocycles. The molecule has 0 heteroatoms. The fraction of sp³-hybridized carbons (Fsp3) is 0.387. The molecule has 7 aromatic rings. The second kappa shape index (κ2) is 14.0. The minimum Gasteiger partial charge on any atom is -0.0800 e. The van der Waals surface area contributed by atoms with Crippen molar-refractivity contribution in [2.24, 2.45) is 11.3 Å². The fourth-order valence-corrected chi connectivity index (χ4v) is 11.3. The van der Waals surface area contributed by atoms with E-state index in [4.69, 9.17) is 0 Å². The minimum absolute atomic E-state index is 0.0245. The Kier molecular flexibility index (Phi) is 9.59. The molecular formula is C62H70. The highest BCUT2D eigenvalue weighted by Gasteiger charge is 2.44. The van der Waals surface area contributed by atoms with E-state index in [0.717, 1.165) is 6.42 Å². The molecule has 1 unspecified atom stereocenters. The van der Waals surface area contributed by atoms with Gasteiger partial charge in [0.05, 0.1) is 0 Å². The lowest BCUT2D eigenvalue weighted by molar-refractivity contribution is 0.294. The van der Waals surface area contributed by atoms with Crippen LogP contribution in [0.1, 0.15) is 161 Å². The van der Waals surface area contributed by atoms with Gasteiger partial charge in [0.15, 0.2) is 0 Å². The Morgan fingerprint density at radius 1 is 0.532 bits per heavy atom. The molecule has 62 heavy (non-hydrogen) atoms. The summed E-state index contributed by atoms with van der Waals surface area (Å²) in [5.74, 6) is 0.563. The average Bonchev–Trinajstić information content (AvgIpc) is 3.59. The van der Waals surface area contributed by atoms with Crippen LogP contribution in [0.4, 0.5) is 0 Å². The Morgan fingerprint density at radius 3 is 1.37 bits per heavy atom. The molecule has 0 aromatic heterocycles. The van der Waals surface area contributed by atoms with Gasteiger partial charge in [0, 0.05) is 10.8 Å². The molecule has 0 saturated heterocycles. The molecular weight excluding hydrogens is 745 g/mol. The Balaban J connectivity index is 0.00000159. The molecule has 318 valence electrons. The fourth-order valence-electron chi connectivity index (χ4n) is 11.3. The van der Waals surface area contributed by atoms with Gasteiger partial charge in [-0.3, -0.25) is 0 Å². The Hall–Kier alpha value is -4.94. The first-order valence-corrected chi connectivity index (χ1v) is 23.6. The SMILES string of the molecule is CCC.Cc1ccc(-c2ccc3c(c2)C(C)(C)c2c-3c3cc(C(C)(C)C)cc4c5c(c6cc(C(C)(C)C)cc2c6c34)-c2ccc(C3=CCC(C(C)(C)C)C=C3)cc2C5(C)C)cc1. The first kappa shape index (κ1) is 42.4. The normalized spacial score (nSPS) is 17.5. The zero-order chi connectivity index (χ0) is 44.6. The maximum absolute atomic E-state index is 2.60. The summed E-state index contributed by atoms with van der Waals surface area (Å²) < 4.78 is 0. The van der Waals surface area contributed by atoms with Crippen LogP contribution in [0.2, 0.25) is 0 Å². The summed E-state index contributed by atoms with van der Waals surface area (Å²) in [5, 5.41) is 8.58. The van der Waals surface area contributed by atoms with Crippen molar-refractivity contribution < 1.29 is 0 Å². The molecule has 0 bridgehead atoms. The topological polar surface area (TPSA) is 0 Å². The van der Waals surface area contributed by atoms with Gasteiger partial charge < -0.3 is 0 Å². The zero-order valence-corrected chi connectivity index (χ0v) is 40.8. The van der Waals surface area contributed by atoms with Crippen LogP contribution in [0.15, 0.2) is 103 Å². The summed E-state index contributed by atoms with van der Waals surface area (Å²) >= 11 is 0. The zero-order valence-electron chi connectivity index (χ0n) is 40.8. The van der Waals surface area contributed by atoms with Crippen molar-refractivity contribution in [3.8, 4) is 33.4 Å². The minimum atomic E-state index is -0.200. The number of fused-ring (bicyclic) bond motifs is 10. The van der Waals surface area contributed by atoms with Crippen LogP contribution < -0.4 is 0 Å². The van der Waals surface area contributed by atoms with Crippen molar-refractivity contribution in [1.29, 1.82) is 0 Å². The van der Waals surface area contributed by atoms with Gasteiger partial charge in [-0.1, -0.05) is 195 Å². The predicted molar refractivity (Wildman–Crippen MR) is 273 cm³/mol. The van der Waals surface area contributed by atoms with Crippen molar-refractivity contribution in [2.75, 3.05) is 0 Å². The van der Waals surface area contributed by atoms with Crippen molar-refractivity contribution in [3.05, 3.63) is 148 Å². The Bertz CT molecular complexity index is 3000. The number of hydrogen-bond donors (Lipinski definition) is 0. The van der Waals surface area contributed by atoms with E-state index in [-0.39, 0.29) is 27.1 Å². The van der Waals surface area contributed by atoms with Crippen LogP contribution in [0.5, 0.6) is 0 Å². The van der Waals surface area contributed by atoms with E-state index in [1.54, 1.807) is 0 Å². The van der Waals surface area contributed by atoms with Crippen molar-refractivity contribution in [2.45, 2.75) is 145 Å². The van der Waals surface area contributed by atoms with E-state index < -0.39 is 0 Å². The number of allylic oxidation sites excluding steroid dienone is 4. The highest BCUT2D eigenvalue weighted by molar-refractivity contribution is 6.33. The lowest BCUT2D eigenvalue weighted by Gasteiger charge is -2.31. The van der Waals surface area contributed by atoms with Gasteiger partial charge >= 0.3 is 0 Å². The first-order valence-electron chi connectivity index (χ1n) is 23.6. The van der Waals surface area contributed by atoms with E-state index in [1.165, 1.54) is 122 Å². The van der Waals surface area contributed by atoms with Gasteiger partial charge in [-0.05, 0) is 170 Å². The number of benzene rings is 7. The third-order valence-electron chi connectivity index (χ3n) is 14.9. The number of aryl methyl sites for hydroxylation is 1. The monoisotopic (exact) mass is 815 g/mol. The van der Waals surface area contributed by atoms with Crippen molar-refractivity contribution >= 4 is 37.9 Å². The molecule has 10 rings (SSSR count). The molecule has 0 aliphatic heterocycles. The molecule has 0 amide bonds. The molecule has 3 aliphatic rings. The molecule has 0 spiro atoms. The van der Waals surface area contributed by atoms with Crippen LogP contribution >= 0.6 is 0 Å². The van der Waals surface area contributed by atoms with Gasteiger partial charge in [-0.15, -0.1) is 0 Å². The van der Waals surface area contributed by atoms with Crippen LogP contribution in [0, 0.1) is 18.3 Å². The lowest BCUT2D eigenvalue weighted by Crippen LogP contribution is -2.19. The summed E-state index contributed by atoms with van der Waals surface area (Å²) in [6.45, 7) is 37.8. The van der Waals surface area contributed by atoms with Crippen molar-refractivity contribution in [3.63, 3.8) is 0 Å². The summed E-state index contributed by atoms with van der Waals surface area (Å²) in [4.78, 5) is 0. The smallest absolute Gasteiger partial charge is 0.0165 e. The molecule has 7 aromatic carbocycles. The summed E-state index contributed by atoms with van der Waals surface area (Å²) in [5.41, 5.74) is 20.7. The molecule has 3 aliphatic carbocycles. The van der Waals surface area contributed by atoms with Gasteiger partial charge in [-0.25, -0.2) is 0 Å². The van der Waals surface area contributed by atoms with E-state index in [2.05, 4.69) is 214 Å². The highest BCUT2D eigenvalue weighted by atomic mass is 14.5. The molecule has 0 saturated carbocycles. The average molecular weight is 815 g/mol. The van der Waals surface area contributed by atoms with E-state index in [0.29, 0.717) is 5.92 Å². The van der Waals surface area contributed by atoms with E-state index >= 15 is 0 Å². The predicted octanol–water partition coefficient (Wildman–Crippen LogP) is 18.2. The second-order valence-corrected chi connectivity index (χ2v) is 23.5. The maximum Gasteiger partial charge on any atom is 0.0165 e. The van der Waals surface area contributed by atoms with Gasteiger partial charge in [0.1, 0.15) is 0 Å². The molecule has 0 N–H and O–H groups in total. The standard InChI is InChI=1S/C59H62.C3H8/c1-33-15-17-34(18-16-33)36-21-25-41-47(27-36)58(11,12)53-45-31-40(57(8,9)10)30-44-50(45)49-43(51(41)53)29-39(56(5,6)7)32-46(49)54-52(44)42-26-22-37(28-48(42)59(54,13)14)35-19-23-38(24-20-35)55(2,3)4;1-3-2/h15-23,25-32,38H,24H2,1-14H3;3H2,1-2H3. The molecule has 0 radical (unpaired) electrons. The van der Waals surface area contributed by atoms with Gasteiger partial charge in [0.25, 0.3) is 0 Å². The largest absolute Gasteiger partial charge is 0.0800 e. The Labute approximate surface area is 373 Å². The first-order chi connectivity index (χ1) is 29.0. The van der Waals surface area contributed by atoms with Gasteiger partial charge in [0.2, 0.25) is 0 Å². The maximum atomic E-state index is 2.60.